The van der Waals surface area contributed by atoms with Gasteiger partial charge in [0.15, 0.2) is 0 Å². The lowest BCUT2D eigenvalue weighted by Gasteiger charge is -2.34. The van der Waals surface area contributed by atoms with Crippen LogP contribution in [0.25, 0.3) is 0 Å². The molecule has 1 heterocycles. The second kappa shape index (κ2) is 9.73. The molecule has 19 heavy (non-hydrogen) atoms. The Balaban J connectivity index is 2.12. The number of piperazine rings is 1. The summed E-state index contributed by atoms with van der Waals surface area (Å²) in [7, 11) is 0. The van der Waals surface area contributed by atoms with Crippen molar-refractivity contribution in [1.29, 1.82) is 0 Å². The number of hydrogen-bond donors (Lipinski definition) is 1. The van der Waals surface area contributed by atoms with Gasteiger partial charge in [-0.1, -0.05) is 20.8 Å². The molecule has 1 fully saturated rings. The average molecular weight is 269 g/mol. The normalized spacial score (nSPS) is 20.1. The van der Waals surface area contributed by atoms with Crippen LogP contribution < -0.4 is 5.73 Å². The van der Waals surface area contributed by atoms with Gasteiger partial charge in [-0.05, 0) is 57.2 Å². The summed E-state index contributed by atoms with van der Waals surface area (Å²) < 4.78 is 0. The van der Waals surface area contributed by atoms with Crippen LogP contribution in [0.15, 0.2) is 0 Å². The van der Waals surface area contributed by atoms with Gasteiger partial charge in [0.05, 0.1) is 0 Å². The largest absolute Gasteiger partial charge is 0.330 e. The van der Waals surface area contributed by atoms with Crippen molar-refractivity contribution in [3.63, 3.8) is 0 Å². The molecule has 1 saturated heterocycles. The van der Waals surface area contributed by atoms with Gasteiger partial charge in [-0.15, -0.1) is 0 Å². The summed E-state index contributed by atoms with van der Waals surface area (Å²) in [6, 6.07) is 0. The van der Waals surface area contributed by atoms with Gasteiger partial charge in [0.25, 0.3) is 0 Å². The minimum atomic E-state index is 0.782. The molecule has 0 aromatic heterocycles. The smallest absolute Gasteiger partial charge is 0.0110 e. The number of hydrogen-bond acceptors (Lipinski definition) is 3. The maximum Gasteiger partial charge on any atom is 0.0110 e. The fourth-order valence-corrected chi connectivity index (χ4v) is 3.15. The Hall–Kier alpha value is -0.120. The Morgan fingerprint density at radius 3 is 2.00 bits per heavy atom. The Morgan fingerprint density at radius 2 is 1.53 bits per heavy atom. The molecule has 3 heteroatoms. The molecule has 1 rings (SSSR count). The van der Waals surface area contributed by atoms with E-state index in [2.05, 4.69) is 30.6 Å². The standard InChI is InChI=1S/C16H35N3/c1-4-9-18-11-13-19(14-12-18)10-5-6-16(7-8-17)15(2)3/h15-16H,4-14,17H2,1-3H3. The third-order valence-electron chi connectivity index (χ3n) is 4.53. The highest BCUT2D eigenvalue weighted by atomic mass is 15.3. The van der Waals surface area contributed by atoms with Crippen molar-refractivity contribution >= 4 is 0 Å². The summed E-state index contributed by atoms with van der Waals surface area (Å²) in [6.45, 7) is 15.4. The lowest BCUT2D eigenvalue weighted by Crippen LogP contribution is -2.46. The number of nitrogens with two attached hydrogens (primary N) is 1. The lowest BCUT2D eigenvalue weighted by molar-refractivity contribution is 0.128. The van der Waals surface area contributed by atoms with Gasteiger partial charge in [-0.25, -0.2) is 0 Å². The van der Waals surface area contributed by atoms with Gasteiger partial charge in [0.1, 0.15) is 0 Å². The summed E-state index contributed by atoms with van der Waals surface area (Å²) in [4.78, 5) is 5.24. The molecule has 0 radical (unpaired) electrons. The maximum absolute atomic E-state index is 5.71. The Morgan fingerprint density at radius 1 is 0.947 bits per heavy atom. The van der Waals surface area contributed by atoms with E-state index < -0.39 is 0 Å². The topological polar surface area (TPSA) is 32.5 Å². The predicted octanol–water partition coefficient (Wildman–Crippen LogP) is 2.42. The molecular formula is C16H35N3. The van der Waals surface area contributed by atoms with E-state index in [1.165, 1.54) is 65.0 Å². The quantitative estimate of drug-likeness (QED) is 0.698. The molecule has 0 spiro atoms. The molecular weight excluding hydrogens is 234 g/mol. The van der Waals surface area contributed by atoms with Crippen LogP contribution in [0.2, 0.25) is 0 Å². The van der Waals surface area contributed by atoms with Gasteiger partial charge in [-0.2, -0.15) is 0 Å². The van der Waals surface area contributed by atoms with Crippen LogP contribution in [-0.4, -0.2) is 55.6 Å². The van der Waals surface area contributed by atoms with Crippen LogP contribution in [0.1, 0.15) is 46.5 Å². The molecule has 1 unspecified atom stereocenters. The summed E-state index contributed by atoms with van der Waals surface area (Å²) in [5, 5.41) is 0. The molecule has 114 valence electrons. The zero-order chi connectivity index (χ0) is 14.1. The fourth-order valence-electron chi connectivity index (χ4n) is 3.15. The zero-order valence-corrected chi connectivity index (χ0v) is 13.4. The SMILES string of the molecule is CCCN1CCN(CCCC(CCN)C(C)C)CC1. The molecule has 0 bridgehead atoms. The van der Waals surface area contributed by atoms with Crippen molar-refractivity contribution in [3.05, 3.63) is 0 Å². The maximum atomic E-state index is 5.71. The molecule has 1 atom stereocenters. The van der Waals surface area contributed by atoms with E-state index in [9.17, 15) is 0 Å². The molecule has 1 aliphatic rings. The van der Waals surface area contributed by atoms with Crippen molar-refractivity contribution in [3.8, 4) is 0 Å². The van der Waals surface area contributed by atoms with Gasteiger partial charge in [0, 0.05) is 26.2 Å². The second-order valence-electron chi connectivity index (χ2n) is 6.41. The first kappa shape index (κ1) is 16.9. The summed E-state index contributed by atoms with van der Waals surface area (Å²) in [6.07, 6.45) is 5.18. The van der Waals surface area contributed by atoms with Crippen molar-refractivity contribution in [2.24, 2.45) is 17.6 Å². The third-order valence-corrected chi connectivity index (χ3v) is 4.53. The highest BCUT2D eigenvalue weighted by molar-refractivity contribution is 4.72. The van der Waals surface area contributed by atoms with Gasteiger partial charge in [0.2, 0.25) is 0 Å². The second-order valence-corrected chi connectivity index (χ2v) is 6.41. The van der Waals surface area contributed by atoms with Gasteiger partial charge < -0.3 is 15.5 Å². The summed E-state index contributed by atoms with van der Waals surface area (Å²) in [5.41, 5.74) is 5.71. The fraction of sp³-hybridized carbons (Fsp3) is 1.00. The molecule has 3 nitrogen and oxygen atoms in total. The minimum absolute atomic E-state index is 0.782. The monoisotopic (exact) mass is 269 g/mol. The Kier molecular flexibility index (Phi) is 8.67. The predicted molar refractivity (Wildman–Crippen MR) is 84.4 cm³/mol. The van der Waals surface area contributed by atoms with Crippen molar-refractivity contribution < 1.29 is 0 Å². The zero-order valence-electron chi connectivity index (χ0n) is 13.4. The van der Waals surface area contributed by atoms with Crippen LogP contribution >= 0.6 is 0 Å². The van der Waals surface area contributed by atoms with Crippen molar-refractivity contribution in [2.45, 2.75) is 46.5 Å². The third kappa shape index (κ3) is 6.73. The van der Waals surface area contributed by atoms with E-state index in [1.54, 1.807) is 0 Å². The Bertz CT molecular complexity index is 210. The van der Waals surface area contributed by atoms with Crippen LogP contribution in [-0.2, 0) is 0 Å². The first-order chi connectivity index (χ1) is 9.17. The lowest BCUT2D eigenvalue weighted by atomic mass is 9.88. The highest BCUT2D eigenvalue weighted by Crippen LogP contribution is 2.20. The van der Waals surface area contributed by atoms with E-state index in [0.29, 0.717) is 0 Å². The van der Waals surface area contributed by atoms with Crippen molar-refractivity contribution in [2.75, 3.05) is 45.8 Å². The first-order valence-electron chi connectivity index (χ1n) is 8.32. The van der Waals surface area contributed by atoms with Crippen LogP contribution in [0.3, 0.4) is 0 Å². The van der Waals surface area contributed by atoms with Gasteiger partial charge >= 0.3 is 0 Å². The van der Waals surface area contributed by atoms with E-state index in [1.807, 2.05) is 0 Å². The molecule has 2 N–H and O–H groups in total. The molecule has 0 amide bonds. The molecule has 0 aliphatic carbocycles. The molecule has 0 saturated carbocycles. The van der Waals surface area contributed by atoms with Gasteiger partial charge in [-0.3, -0.25) is 0 Å². The number of nitrogens with zero attached hydrogens (tertiary/aromatic N) is 2. The van der Waals surface area contributed by atoms with Crippen LogP contribution in [0.4, 0.5) is 0 Å². The molecule has 0 aromatic rings. The van der Waals surface area contributed by atoms with Crippen LogP contribution in [0, 0.1) is 11.8 Å². The Labute approximate surface area is 120 Å². The number of rotatable bonds is 9. The molecule has 1 aliphatic heterocycles. The summed E-state index contributed by atoms with van der Waals surface area (Å²) >= 11 is 0. The van der Waals surface area contributed by atoms with E-state index in [0.717, 1.165) is 18.4 Å². The first-order valence-corrected chi connectivity index (χ1v) is 8.32. The van der Waals surface area contributed by atoms with E-state index >= 15 is 0 Å². The molecule has 0 aromatic carbocycles. The average Bonchev–Trinajstić information content (AvgIpc) is 2.40. The summed E-state index contributed by atoms with van der Waals surface area (Å²) in [5.74, 6) is 1.61. The highest BCUT2D eigenvalue weighted by Gasteiger charge is 2.17. The minimum Gasteiger partial charge on any atom is -0.330 e. The van der Waals surface area contributed by atoms with Crippen LogP contribution in [0.5, 0.6) is 0 Å². The van der Waals surface area contributed by atoms with E-state index in [4.69, 9.17) is 5.73 Å². The van der Waals surface area contributed by atoms with E-state index in [-0.39, 0.29) is 0 Å². The van der Waals surface area contributed by atoms with Crippen molar-refractivity contribution in [1.82, 2.24) is 9.80 Å².